The maximum absolute atomic E-state index is 10.8. The average Bonchev–Trinajstić information content (AvgIpc) is 2.42. The van der Waals surface area contributed by atoms with Crippen LogP contribution in [-0.2, 0) is 16.1 Å². The van der Waals surface area contributed by atoms with Crippen molar-refractivity contribution in [2.75, 3.05) is 7.11 Å². The maximum Gasteiger partial charge on any atom is 0.327 e. The second kappa shape index (κ2) is 7.17. The molecule has 0 unspecified atom stereocenters. The highest BCUT2D eigenvalue weighted by atomic mass is 32.1. The molecule has 0 saturated carbocycles. The fraction of sp³-hybridized carbons (Fsp3) is 0.182. The molecule has 0 aliphatic heterocycles. The first kappa shape index (κ1) is 14.7. The van der Waals surface area contributed by atoms with E-state index in [4.69, 9.17) is 22.7 Å². The van der Waals surface area contributed by atoms with Gasteiger partial charge in [-0.15, -0.1) is 0 Å². The fourth-order valence-electron chi connectivity index (χ4n) is 1.15. The van der Waals surface area contributed by atoms with Crippen molar-refractivity contribution in [2.24, 2.45) is 5.73 Å². The lowest BCUT2D eigenvalue weighted by Gasteiger charge is -2.10. The number of rotatable bonds is 3. The monoisotopic (exact) mass is 282 g/mol. The van der Waals surface area contributed by atoms with Crippen LogP contribution in [-0.4, -0.2) is 24.0 Å². The van der Waals surface area contributed by atoms with Gasteiger partial charge in [-0.1, -0.05) is 12.1 Å². The Morgan fingerprint density at radius 3 is 2.42 bits per heavy atom. The van der Waals surface area contributed by atoms with Gasteiger partial charge in [-0.25, -0.2) is 0 Å². The fourth-order valence-corrected chi connectivity index (χ4v) is 1.27. The minimum atomic E-state index is -1.09. The molecule has 1 rings (SSSR count). The van der Waals surface area contributed by atoms with E-state index in [2.05, 4.69) is 10.7 Å². The third-order valence-electron chi connectivity index (χ3n) is 2.13. The SMILES string of the molecule is COc1ccc(CNC(=S)NNC(=O)C(N)=O)cc1. The van der Waals surface area contributed by atoms with Gasteiger partial charge in [0.15, 0.2) is 5.11 Å². The number of hydrogen-bond acceptors (Lipinski definition) is 4. The van der Waals surface area contributed by atoms with Crippen molar-refractivity contribution < 1.29 is 14.3 Å². The Labute approximate surface area is 115 Å². The van der Waals surface area contributed by atoms with E-state index in [0.717, 1.165) is 11.3 Å². The van der Waals surface area contributed by atoms with Gasteiger partial charge in [0.05, 0.1) is 7.11 Å². The third kappa shape index (κ3) is 5.21. The third-order valence-corrected chi connectivity index (χ3v) is 2.37. The summed E-state index contributed by atoms with van der Waals surface area (Å²) in [5.41, 5.74) is 10.1. The molecule has 0 saturated heterocycles. The van der Waals surface area contributed by atoms with Gasteiger partial charge in [0.25, 0.3) is 0 Å². The molecule has 102 valence electrons. The van der Waals surface area contributed by atoms with Crippen molar-refractivity contribution in [3.05, 3.63) is 29.8 Å². The summed E-state index contributed by atoms with van der Waals surface area (Å²) in [6.45, 7) is 0.461. The predicted molar refractivity (Wildman–Crippen MR) is 72.9 cm³/mol. The van der Waals surface area contributed by atoms with E-state index in [0.29, 0.717) is 6.54 Å². The summed E-state index contributed by atoms with van der Waals surface area (Å²) in [7, 11) is 1.59. The Morgan fingerprint density at radius 1 is 1.26 bits per heavy atom. The van der Waals surface area contributed by atoms with E-state index in [1.807, 2.05) is 29.7 Å². The molecule has 1 aromatic carbocycles. The number of benzene rings is 1. The van der Waals surface area contributed by atoms with Crippen molar-refractivity contribution in [3.8, 4) is 5.75 Å². The van der Waals surface area contributed by atoms with Crippen LogP contribution in [0.3, 0.4) is 0 Å². The molecule has 19 heavy (non-hydrogen) atoms. The van der Waals surface area contributed by atoms with Crippen LogP contribution in [0, 0.1) is 0 Å². The Balaban J connectivity index is 2.33. The highest BCUT2D eigenvalue weighted by molar-refractivity contribution is 7.80. The average molecular weight is 282 g/mol. The number of methoxy groups -OCH3 is 1. The summed E-state index contributed by atoms with van der Waals surface area (Å²) in [5.74, 6) is -1.29. The van der Waals surface area contributed by atoms with E-state index in [-0.39, 0.29) is 5.11 Å². The van der Waals surface area contributed by atoms with Crippen LogP contribution in [0.15, 0.2) is 24.3 Å². The van der Waals surface area contributed by atoms with Crippen LogP contribution < -0.4 is 26.6 Å². The lowest BCUT2D eigenvalue weighted by Crippen LogP contribution is -2.50. The van der Waals surface area contributed by atoms with Gasteiger partial charge in [0.2, 0.25) is 0 Å². The highest BCUT2D eigenvalue weighted by Crippen LogP contribution is 2.10. The summed E-state index contributed by atoms with van der Waals surface area (Å²) in [5, 5.41) is 3.02. The van der Waals surface area contributed by atoms with Gasteiger partial charge in [0.1, 0.15) is 5.75 Å². The number of amides is 2. The summed E-state index contributed by atoms with van der Waals surface area (Å²) in [4.78, 5) is 21.3. The van der Waals surface area contributed by atoms with Crippen LogP contribution in [0.2, 0.25) is 0 Å². The van der Waals surface area contributed by atoms with Gasteiger partial charge < -0.3 is 15.8 Å². The lowest BCUT2D eigenvalue weighted by molar-refractivity contribution is -0.137. The predicted octanol–water partition coefficient (Wildman–Crippen LogP) is -0.824. The number of hydrazine groups is 1. The maximum atomic E-state index is 10.8. The first-order valence-corrected chi connectivity index (χ1v) is 5.70. The molecule has 0 aliphatic rings. The second-order valence-electron chi connectivity index (χ2n) is 3.47. The first-order chi connectivity index (χ1) is 9.02. The standard InChI is InChI=1S/C11H14N4O3S/c1-18-8-4-2-7(3-5-8)6-13-11(19)15-14-10(17)9(12)16/h2-5H,6H2,1H3,(H2,12,16)(H,14,17)(H2,13,15,19). The molecule has 8 heteroatoms. The largest absolute Gasteiger partial charge is 0.497 e. The number of ether oxygens (including phenoxy) is 1. The first-order valence-electron chi connectivity index (χ1n) is 5.29. The Morgan fingerprint density at radius 2 is 1.89 bits per heavy atom. The van der Waals surface area contributed by atoms with Crippen LogP contribution >= 0.6 is 12.2 Å². The van der Waals surface area contributed by atoms with Crippen molar-refractivity contribution in [3.63, 3.8) is 0 Å². The molecule has 0 radical (unpaired) electrons. The van der Waals surface area contributed by atoms with Gasteiger partial charge in [-0.2, -0.15) is 0 Å². The minimum absolute atomic E-state index is 0.172. The highest BCUT2D eigenvalue weighted by Gasteiger charge is 2.07. The molecule has 0 aliphatic carbocycles. The summed E-state index contributed by atoms with van der Waals surface area (Å²) < 4.78 is 5.03. The van der Waals surface area contributed by atoms with Crippen molar-refractivity contribution >= 4 is 29.1 Å². The number of thiocarbonyl (C=S) groups is 1. The molecule has 7 nitrogen and oxygen atoms in total. The molecule has 0 bridgehead atoms. The number of carbonyl (C=O) groups excluding carboxylic acids is 2. The smallest absolute Gasteiger partial charge is 0.327 e. The van der Waals surface area contributed by atoms with Crippen molar-refractivity contribution in [1.29, 1.82) is 0 Å². The molecule has 0 spiro atoms. The lowest BCUT2D eigenvalue weighted by atomic mass is 10.2. The molecule has 1 aromatic rings. The number of hydrogen-bond donors (Lipinski definition) is 4. The van der Waals surface area contributed by atoms with Crippen molar-refractivity contribution in [2.45, 2.75) is 6.54 Å². The molecule has 0 heterocycles. The number of primary amides is 1. The molecular weight excluding hydrogens is 268 g/mol. The summed E-state index contributed by atoms with van der Waals surface area (Å²) >= 11 is 4.89. The molecule has 0 atom stereocenters. The van der Waals surface area contributed by atoms with Crippen LogP contribution in [0.4, 0.5) is 0 Å². The quantitative estimate of drug-likeness (QED) is 0.328. The van der Waals surface area contributed by atoms with Crippen molar-refractivity contribution in [1.82, 2.24) is 16.2 Å². The Bertz CT molecular complexity index is 475. The molecular formula is C11H14N4O3S. The van der Waals surface area contributed by atoms with E-state index >= 15 is 0 Å². The molecule has 2 amide bonds. The molecule has 0 fully saturated rings. The minimum Gasteiger partial charge on any atom is -0.497 e. The Hall–Kier alpha value is -2.35. The Kier molecular flexibility index (Phi) is 5.55. The molecule has 5 N–H and O–H groups in total. The summed E-state index contributed by atoms with van der Waals surface area (Å²) in [6, 6.07) is 7.39. The zero-order valence-electron chi connectivity index (χ0n) is 10.2. The van der Waals surface area contributed by atoms with Gasteiger partial charge in [-0.3, -0.25) is 20.4 Å². The van der Waals surface area contributed by atoms with Crippen LogP contribution in [0.1, 0.15) is 5.56 Å². The number of nitrogens with one attached hydrogen (secondary N) is 3. The number of nitrogens with two attached hydrogens (primary N) is 1. The van der Waals surface area contributed by atoms with Gasteiger partial charge in [0, 0.05) is 6.54 Å². The van der Waals surface area contributed by atoms with Crippen LogP contribution in [0.25, 0.3) is 0 Å². The van der Waals surface area contributed by atoms with Gasteiger partial charge in [-0.05, 0) is 29.9 Å². The van der Waals surface area contributed by atoms with E-state index < -0.39 is 11.8 Å². The zero-order chi connectivity index (χ0) is 14.3. The van der Waals surface area contributed by atoms with E-state index in [1.165, 1.54) is 0 Å². The normalized spacial score (nSPS) is 9.32. The number of carbonyl (C=O) groups is 2. The van der Waals surface area contributed by atoms with Crippen LogP contribution in [0.5, 0.6) is 5.75 Å². The topological polar surface area (TPSA) is 105 Å². The summed E-state index contributed by atoms with van der Waals surface area (Å²) in [6.07, 6.45) is 0. The van der Waals surface area contributed by atoms with E-state index in [9.17, 15) is 9.59 Å². The zero-order valence-corrected chi connectivity index (χ0v) is 11.0. The molecule has 0 aromatic heterocycles. The van der Waals surface area contributed by atoms with Gasteiger partial charge >= 0.3 is 11.8 Å². The van der Waals surface area contributed by atoms with E-state index in [1.54, 1.807) is 7.11 Å². The second-order valence-corrected chi connectivity index (χ2v) is 3.88.